The molecule has 1 unspecified atom stereocenters. The summed E-state index contributed by atoms with van der Waals surface area (Å²) in [4.78, 5) is 5.27. The van der Waals surface area contributed by atoms with Gasteiger partial charge in [0, 0.05) is 19.1 Å². The minimum atomic E-state index is 0.576. The monoisotopic (exact) mass is 196 g/mol. The van der Waals surface area contributed by atoms with Crippen LogP contribution < -0.4 is 0 Å². The lowest BCUT2D eigenvalue weighted by atomic mass is 10.2. The Labute approximate surface area is 86.0 Å². The molecule has 0 aliphatic carbocycles. The summed E-state index contributed by atoms with van der Waals surface area (Å²) in [5.74, 6) is 0. The number of rotatable bonds is 3. The largest absolute Gasteiger partial charge is 0.372 e. The van der Waals surface area contributed by atoms with Crippen LogP contribution in [0.2, 0.25) is 0 Å². The molecule has 0 aromatic heterocycles. The summed E-state index contributed by atoms with van der Waals surface area (Å²) in [5.41, 5.74) is 0. The van der Waals surface area contributed by atoms with Gasteiger partial charge in [0.1, 0.15) is 0 Å². The van der Waals surface area contributed by atoms with Crippen LogP contribution in [0, 0.1) is 0 Å². The summed E-state index contributed by atoms with van der Waals surface area (Å²) < 4.78 is 5.28. The molecule has 3 heterocycles. The first-order valence-electron chi connectivity index (χ1n) is 6.00. The van der Waals surface area contributed by atoms with E-state index in [0.717, 1.165) is 12.6 Å². The zero-order valence-electron chi connectivity index (χ0n) is 8.82. The van der Waals surface area contributed by atoms with Gasteiger partial charge in [-0.25, -0.2) is 0 Å². The fraction of sp³-hybridized carbons (Fsp3) is 1.00. The maximum atomic E-state index is 5.28. The van der Waals surface area contributed by atoms with Gasteiger partial charge in [0.25, 0.3) is 0 Å². The maximum Gasteiger partial charge on any atom is 0.0936 e. The minimum Gasteiger partial charge on any atom is -0.372 e. The van der Waals surface area contributed by atoms with Crippen LogP contribution in [0.25, 0.3) is 0 Å². The molecule has 0 aromatic carbocycles. The first-order chi connectivity index (χ1) is 6.92. The second kappa shape index (κ2) is 3.80. The van der Waals surface area contributed by atoms with Crippen LogP contribution in [0.5, 0.6) is 0 Å². The van der Waals surface area contributed by atoms with E-state index < -0.39 is 0 Å². The van der Waals surface area contributed by atoms with E-state index in [1.165, 1.54) is 52.0 Å². The van der Waals surface area contributed by atoms with E-state index in [1.807, 2.05) is 0 Å². The van der Waals surface area contributed by atoms with Crippen molar-refractivity contribution < 1.29 is 4.74 Å². The fourth-order valence-electron chi connectivity index (χ4n) is 2.84. The zero-order chi connectivity index (χ0) is 9.38. The van der Waals surface area contributed by atoms with Crippen molar-refractivity contribution in [1.82, 2.24) is 9.80 Å². The average Bonchev–Trinajstić information content (AvgIpc) is 2.71. The highest BCUT2D eigenvalue weighted by Gasteiger charge is 2.32. The van der Waals surface area contributed by atoms with Crippen molar-refractivity contribution >= 4 is 0 Å². The van der Waals surface area contributed by atoms with Gasteiger partial charge in [0.15, 0.2) is 0 Å². The van der Waals surface area contributed by atoms with E-state index in [-0.39, 0.29) is 0 Å². The topological polar surface area (TPSA) is 19.0 Å². The molecule has 3 aliphatic rings. The average molecular weight is 196 g/mol. The van der Waals surface area contributed by atoms with Gasteiger partial charge in [0.05, 0.1) is 12.7 Å². The van der Waals surface area contributed by atoms with Crippen molar-refractivity contribution in [3.8, 4) is 0 Å². The summed E-state index contributed by atoms with van der Waals surface area (Å²) in [6.07, 6.45) is 4.80. The number of hydrogen-bond donors (Lipinski definition) is 0. The zero-order valence-corrected chi connectivity index (χ0v) is 8.82. The SMILES string of the molecule is C1CCN(C2CCN(C[C@@H]3CO3)C2)C1. The lowest BCUT2D eigenvalue weighted by molar-refractivity contribution is 0.224. The third-order valence-corrected chi connectivity index (χ3v) is 3.77. The number of ether oxygens (including phenoxy) is 1. The summed E-state index contributed by atoms with van der Waals surface area (Å²) in [5, 5.41) is 0. The van der Waals surface area contributed by atoms with Crippen LogP contribution in [0.15, 0.2) is 0 Å². The van der Waals surface area contributed by atoms with Crippen LogP contribution in [0.3, 0.4) is 0 Å². The van der Waals surface area contributed by atoms with Crippen LogP contribution in [-0.4, -0.2) is 61.3 Å². The van der Waals surface area contributed by atoms with Crippen LogP contribution in [-0.2, 0) is 4.74 Å². The highest BCUT2D eigenvalue weighted by Crippen LogP contribution is 2.22. The molecule has 0 spiro atoms. The molecule has 14 heavy (non-hydrogen) atoms. The van der Waals surface area contributed by atoms with E-state index in [1.54, 1.807) is 0 Å². The molecule has 0 aromatic rings. The lowest BCUT2D eigenvalue weighted by Crippen LogP contribution is -2.36. The van der Waals surface area contributed by atoms with Gasteiger partial charge >= 0.3 is 0 Å². The Bertz CT molecular complexity index is 199. The summed E-state index contributed by atoms with van der Waals surface area (Å²) >= 11 is 0. The highest BCUT2D eigenvalue weighted by atomic mass is 16.6. The van der Waals surface area contributed by atoms with Gasteiger partial charge < -0.3 is 4.74 Å². The molecular formula is C11H20N2O. The summed E-state index contributed by atoms with van der Waals surface area (Å²) in [7, 11) is 0. The Morgan fingerprint density at radius 1 is 1.14 bits per heavy atom. The molecule has 0 amide bonds. The number of likely N-dealkylation sites (tertiary alicyclic amines) is 2. The Kier molecular flexibility index (Phi) is 2.48. The summed E-state index contributed by atoms with van der Waals surface area (Å²) in [6, 6.07) is 0.858. The standard InChI is InChI=1S/C11H20N2O/c1-2-5-13(4-1)10-3-6-12(7-10)8-11-9-14-11/h10-11H,1-9H2/t10?,11-/m1/s1. The Morgan fingerprint density at radius 3 is 2.64 bits per heavy atom. The van der Waals surface area contributed by atoms with E-state index in [0.29, 0.717) is 6.10 Å². The third-order valence-electron chi connectivity index (χ3n) is 3.77. The molecule has 3 nitrogen and oxygen atoms in total. The Balaban J connectivity index is 1.47. The second-order valence-corrected chi connectivity index (χ2v) is 4.90. The fourth-order valence-corrected chi connectivity index (χ4v) is 2.84. The van der Waals surface area contributed by atoms with E-state index in [4.69, 9.17) is 4.74 Å². The predicted molar refractivity (Wildman–Crippen MR) is 55.4 cm³/mol. The number of hydrogen-bond acceptors (Lipinski definition) is 3. The lowest BCUT2D eigenvalue weighted by Gasteiger charge is -2.23. The molecule has 0 saturated carbocycles. The molecule has 3 rings (SSSR count). The second-order valence-electron chi connectivity index (χ2n) is 4.90. The van der Waals surface area contributed by atoms with Gasteiger partial charge in [0.2, 0.25) is 0 Å². The molecule has 0 radical (unpaired) electrons. The highest BCUT2D eigenvalue weighted by molar-refractivity contribution is 4.87. The van der Waals surface area contributed by atoms with Crippen molar-refractivity contribution in [2.75, 3.05) is 39.3 Å². The molecule has 80 valence electrons. The van der Waals surface area contributed by atoms with Gasteiger partial charge in [-0.1, -0.05) is 0 Å². The molecule has 0 bridgehead atoms. The smallest absolute Gasteiger partial charge is 0.0936 e. The Morgan fingerprint density at radius 2 is 1.93 bits per heavy atom. The van der Waals surface area contributed by atoms with Crippen LogP contribution in [0.1, 0.15) is 19.3 Å². The van der Waals surface area contributed by atoms with Crippen molar-refractivity contribution in [2.45, 2.75) is 31.4 Å². The first-order valence-corrected chi connectivity index (χ1v) is 6.00. The van der Waals surface area contributed by atoms with Crippen molar-refractivity contribution in [2.24, 2.45) is 0 Å². The van der Waals surface area contributed by atoms with E-state index in [2.05, 4.69) is 9.80 Å². The molecular weight excluding hydrogens is 176 g/mol. The van der Waals surface area contributed by atoms with Crippen LogP contribution >= 0.6 is 0 Å². The minimum absolute atomic E-state index is 0.576. The van der Waals surface area contributed by atoms with Gasteiger partial charge in [-0.15, -0.1) is 0 Å². The number of epoxide rings is 1. The molecule has 0 N–H and O–H groups in total. The molecule has 3 heteroatoms. The first kappa shape index (κ1) is 9.13. The maximum absolute atomic E-state index is 5.28. The Hall–Kier alpha value is -0.120. The van der Waals surface area contributed by atoms with Crippen LogP contribution in [0.4, 0.5) is 0 Å². The van der Waals surface area contributed by atoms with Crippen molar-refractivity contribution in [3.05, 3.63) is 0 Å². The molecule has 3 aliphatic heterocycles. The molecule has 2 atom stereocenters. The molecule has 3 fully saturated rings. The normalized spacial score (nSPS) is 39.4. The van der Waals surface area contributed by atoms with Crippen molar-refractivity contribution in [3.63, 3.8) is 0 Å². The molecule has 3 saturated heterocycles. The quantitative estimate of drug-likeness (QED) is 0.615. The third kappa shape index (κ3) is 1.95. The predicted octanol–water partition coefficient (Wildman–Crippen LogP) is 0.555. The van der Waals surface area contributed by atoms with Gasteiger partial charge in [-0.2, -0.15) is 0 Å². The van der Waals surface area contributed by atoms with E-state index >= 15 is 0 Å². The van der Waals surface area contributed by atoms with E-state index in [9.17, 15) is 0 Å². The van der Waals surface area contributed by atoms with Gasteiger partial charge in [-0.3, -0.25) is 9.80 Å². The van der Waals surface area contributed by atoms with Gasteiger partial charge in [-0.05, 0) is 38.9 Å². The summed E-state index contributed by atoms with van der Waals surface area (Å²) in [6.45, 7) is 7.47. The number of nitrogens with zero attached hydrogens (tertiary/aromatic N) is 2. The van der Waals surface area contributed by atoms with Crippen molar-refractivity contribution in [1.29, 1.82) is 0 Å².